The summed E-state index contributed by atoms with van der Waals surface area (Å²) >= 11 is 0. The fraction of sp³-hybridized carbons (Fsp3) is 0. The van der Waals surface area contributed by atoms with Gasteiger partial charge in [0, 0.05) is 6.20 Å². The predicted molar refractivity (Wildman–Crippen MR) is 36.2 cm³/mol. The van der Waals surface area contributed by atoms with Crippen molar-refractivity contribution in [1.82, 2.24) is 4.98 Å². The molecule has 0 saturated carbocycles. The third-order valence-corrected chi connectivity index (χ3v) is 0.884. The van der Waals surface area contributed by atoms with E-state index in [1.807, 2.05) is 0 Å². The maximum absolute atomic E-state index is 10.1. The Morgan fingerprint density at radius 3 is 2.27 bits per heavy atom. The molecule has 11 heavy (non-hydrogen) atoms. The van der Waals surface area contributed by atoms with Crippen molar-refractivity contribution >= 4 is 5.97 Å². The zero-order valence-corrected chi connectivity index (χ0v) is 5.43. The average Bonchev–Trinajstić information content (AvgIpc) is 1.90. The maximum Gasteiger partial charge on any atom is 0.354 e. The fourth-order valence-electron chi connectivity index (χ4n) is 0.489. The average molecular weight is 163 g/mol. The normalized spacial score (nSPS) is 7.27. The van der Waals surface area contributed by atoms with Gasteiger partial charge in [0.1, 0.15) is 5.69 Å². The van der Waals surface area contributed by atoms with E-state index < -0.39 is 5.97 Å². The lowest BCUT2D eigenvalue weighted by Gasteiger charge is -1.87. The highest BCUT2D eigenvalue weighted by atomic mass is 19.0. The first kappa shape index (κ1) is 12.2. The summed E-state index contributed by atoms with van der Waals surface area (Å²) in [5, 5.41) is 8.32. The number of rotatable bonds is 1. The van der Waals surface area contributed by atoms with Crippen molar-refractivity contribution in [3.63, 3.8) is 0 Å². The molecule has 0 fully saturated rings. The monoisotopic (exact) mass is 163 g/mol. The van der Waals surface area contributed by atoms with Crippen LogP contribution in [0.2, 0.25) is 0 Å². The van der Waals surface area contributed by atoms with Crippen LogP contribution in [0.4, 0.5) is 9.41 Å². The van der Waals surface area contributed by atoms with Gasteiger partial charge in [0.05, 0.1) is 0 Å². The Balaban J connectivity index is 0. The Morgan fingerprint density at radius 2 is 2.00 bits per heavy atom. The van der Waals surface area contributed by atoms with Crippen molar-refractivity contribution in [3.05, 3.63) is 30.1 Å². The zero-order chi connectivity index (χ0) is 6.69. The van der Waals surface area contributed by atoms with E-state index >= 15 is 0 Å². The van der Waals surface area contributed by atoms with Crippen LogP contribution in [0.3, 0.4) is 0 Å². The van der Waals surface area contributed by atoms with Crippen molar-refractivity contribution in [3.8, 4) is 0 Å². The number of hydrogen-bond donors (Lipinski definition) is 1. The molecule has 0 aliphatic carbocycles. The first-order valence-corrected chi connectivity index (χ1v) is 2.45. The lowest BCUT2D eigenvalue weighted by Crippen LogP contribution is -1.97. The van der Waals surface area contributed by atoms with E-state index in [-0.39, 0.29) is 15.1 Å². The van der Waals surface area contributed by atoms with Gasteiger partial charge in [0.15, 0.2) is 0 Å². The first-order chi connectivity index (χ1) is 4.30. The molecule has 0 spiro atoms. The molecule has 1 aromatic heterocycles. The van der Waals surface area contributed by atoms with Gasteiger partial charge < -0.3 is 5.11 Å². The second kappa shape index (κ2) is 5.28. The molecular formula is C6H7F2NO2. The minimum absolute atomic E-state index is 0. The topological polar surface area (TPSA) is 50.2 Å². The summed E-state index contributed by atoms with van der Waals surface area (Å²) in [5.74, 6) is -0.990. The maximum atomic E-state index is 10.1. The van der Waals surface area contributed by atoms with Crippen LogP contribution in [-0.2, 0) is 0 Å². The Labute approximate surface area is 61.4 Å². The summed E-state index contributed by atoms with van der Waals surface area (Å²) in [6.45, 7) is 0. The Kier molecular flexibility index (Phi) is 5.85. The molecule has 1 aromatic rings. The lowest BCUT2D eigenvalue weighted by atomic mass is 10.4. The molecule has 62 valence electrons. The molecule has 0 aliphatic rings. The molecule has 1 heterocycles. The number of halogens is 2. The summed E-state index contributed by atoms with van der Waals surface area (Å²) in [6, 6.07) is 4.76. The number of pyridine rings is 1. The SMILES string of the molecule is F.F.O=C(O)c1ccccn1. The summed E-state index contributed by atoms with van der Waals surface area (Å²) in [5.41, 5.74) is 0.0810. The highest BCUT2D eigenvalue weighted by molar-refractivity contribution is 5.85. The van der Waals surface area contributed by atoms with E-state index in [1.54, 1.807) is 12.1 Å². The molecule has 0 bridgehead atoms. The minimum Gasteiger partial charge on any atom is -0.477 e. The Hall–Kier alpha value is -1.52. The smallest absolute Gasteiger partial charge is 0.354 e. The molecule has 3 nitrogen and oxygen atoms in total. The van der Waals surface area contributed by atoms with Gasteiger partial charge in [-0.25, -0.2) is 9.78 Å². The van der Waals surface area contributed by atoms with Gasteiger partial charge in [0.2, 0.25) is 0 Å². The van der Waals surface area contributed by atoms with E-state index in [1.165, 1.54) is 12.3 Å². The summed E-state index contributed by atoms with van der Waals surface area (Å²) in [4.78, 5) is 13.7. The molecule has 0 amide bonds. The zero-order valence-electron chi connectivity index (χ0n) is 5.43. The number of aromatic carboxylic acids is 1. The minimum atomic E-state index is -0.990. The van der Waals surface area contributed by atoms with Crippen molar-refractivity contribution in [2.45, 2.75) is 0 Å². The summed E-state index contributed by atoms with van der Waals surface area (Å²) in [7, 11) is 0. The highest BCUT2D eigenvalue weighted by Crippen LogP contribution is 1.90. The largest absolute Gasteiger partial charge is 0.477 e. The molecule has 0 aromatic carbocycles. The van der Waals surface area contributed by atoms with Crippen LogP contribution >= 0.6 is 0 Å². The molecule has 1 rings (SSSR count). The van der Waals surface area contributed by atoms with Gasteiger partial charge >= 0.3 is 5.97 Å². The number of nitrogens with zero attached hydrogens (tertiary/aromatic N) is 1. The van der Waals surface area contributed by atoms with Crippen molar-refractivity contribution < 1.29 is 19.3 Å². The number of carbonyl (C=O) groups is 1. The van der Waals surface area contributed by atoms with E-state index in [9.17, 15) is 4.79 Å². The predicted octanol–water partition coefficient (Wildman–Crippen LogP) is 1.08. The van der Waals surface area contributed by atoms with Gasteiger partial charge in [-0.1, -0.05) is 6.07 Å². The fourth-order valence-corrected chi connectivity index (χ4v) is 0.489. The summed E-state index contributed by atoms with van der Waals surface area (Å²) < 4.78 is 0. The van der Waals surface area contributed by atoms with Gasteiger partial charge in [-0.15, -0.1) is 0 Å². The van der Waals surface area contributed by atoms with Gasteiger partial charge in [-0.05, 0) is 12.1 Å². The van der Waals surface area contributed by atoms with Crippen LogP contribution in [0.1, 0.15) is 10.5 Å². The number of hydrogen-bond acceptors (Lipinski definition) is 2. The van der Waals surface area contributed by atoms with Crippen molar-refractivity contribution in [1.29, 1.82) is 0 Å². The van der Waals surface area contributed by atoms with Crippen LogP contribution in [0.25, 0.3) is 0 Å². The van der Waals surface area contributed by atoms with Crippen LogP contribution < -0.4 is 0 Å². The van der Waals surface area contributed by atoms with Crippen LogP contribution in [-0.4, -0.2) is 16.1 Å². The second-order valence-corrected chi connectivity index (χ2v) is 1.52. The third kappa shape index (κ3) is 3.24. The third-order valence-electron chi connectivity index (χ3n) is 0.884. The standard InChI is InChI=1S/C6H5NO2.2FH/c8-6(9)5-3-1-2-4-7-5;;/h1-4H,(H,8,9);2*1H. The lowest BCUT2D eigenvalue weighted by molar-refractivity contribution is 0.0690. The van der Waals surface area contributed by atoms with E-state index in [0.29, 0.717) is 0 Å². The van der Waals surface area contributed by atoms with E-state index in [0.717, 1.165) is 0 Å². The molecule has 5 heteroatoms. The van der Waals surface area contributed by atoms with E-state index in [2.05, 4.69) is 4.98 Å². The molecule has 0 radical (unpaired) electrons. The van der Waals surface area contributed by atoms with E-state index in [4.69, 9.17) is 5.11 Å². The Bertz CT molecular complexity index is 215. The molecular weight excluding hydrogens is 156 g/mol. The molecule has 0 aliphatic heterocycles. The highest BCUT2D eigenvalue weighted by Gasteiger charge is 1.98. The van der Waals surface area contributed by atoms with Crippen LogP contribution in [0.15, 0.2) is 24.4 Å². The molecule has 0 saturated heterocycles. The Morgan fingerprint density at radius 1 is 1.36 bits per heavy atom. The molecule has 0 unspecified atom stereocenters. The van der Waals surface area contributed by atoms with Crippen LogP contribution in [0, 0.1) is 0 Å². The quantitative estimate of drug-likeness (QED) is 0.674. The van der Waals surface area contributed by atoms with Crippen molar-refractivity contribution in [2.75, 3.05) is 0 Å². The number of carboxylic acids is 1. The molecule has 0 atom stereocenters. The van der Waals surface area contributed by atoms with Gasteiger partial charge in [-0.3, -0.25) is 9.41 Å². The first-order valence-electron chi connectivity index (χ1n) is 2.45. The molecule has 1 N–H and O–H groups in total. The number of carboxylic acid groups (broad SMARTS) is 1. The van der Waals surface area contributed by atoms with Gasteiger partial charge in [0.25, 0.3) is 0 Å². The van der Waals surface area contributed by atoms with Crippen molar-refractivity contribution in [2.24, 2.45) is 0 Å². The second-order valence-electron chi connectivity index (χ2n) is 1.52. The van der Waals surface area contributed by atoms with Gasteiger partial charge in [-0.2, -0.15) is 0 Å². The summed E-state index contributed by atoms with van der Waals surface area (Å²) in [6.07, 6.45) is 1.45. The van der Waals surface area contributed by atoms with Crippen LogP contribution in [0.5, 0.6) is 0 Å². The number of aromatic nitrogens is 1.